The average Bonchev–Trinajstić information content (AvgIpc) is 2.48. The van der Waals surface area contributed by atoms with Gasteiger partial charge < -0.3 is 9.84 Å². The minimum atomic E-state index is -0.791. The molecule has 2 aromatic carbocycles. The molecule has 0 heterocycles. The number of methoxy groups -OCH3 is 1. The Morgan fingerprint density at radius 1 is 1.19 bits per heavy atom. The van der Waals surface area contributed by atoms with E-state index in [1.165, 1.54) is 0 Å². The highest BCUT2D eigenvalue weighted by Gasteiger charge is 2.20. The number of aliphatic carboxylic acids is 1. The first-order chi connectivity index (χ1) is 10.1. The quantitative estimate of drug-likeness (QED) is 0.859. The van der Waals surface area contributed by atoms with Crippen LogP contribution in [-0.4, -0.2) is 18.2 Å². The number of halogens is 1. The van der Waals surface area contributed by atoms with Gasteiger partial charge in [-0.25, -0.2) is 0 Å². The molecular formula is C17H17BrO3. The van der Waals surface area contributed by atoms with Crippen molar-refractivity contribution in [3.63, 3.8) is 0 Å². The Hall–Kier alpha value is -1.81. The zero-order valence-electron chi connectivity index (χ0n) is 11.8. The summed E-state index contributed by atoms with van der Waals surface area (Å²) in [6.07, 6.45) is 0.943. The van der Waals surface area contributed by atoms with E-state index in [1.807, 2.05) is 48.5 Å². The maximum atomic E-state index is 11.5. The second-order valence-corrected chi connectivity index (χ2v) is 5.80. The SMILES string of the molecule is COc1ccc(Br)cc1CC(Cc1ccccc1)C(=O)O. The molecule has 1 N–H and O–H groups in total. The molecular weight excluding hydrogens is 332 g/mol. The molecule has 0 radical (unpaired) electrons. The Kier molecular flexibility index (Phi) is 5.39. The molecule has 0 spiro atoms. The van der Waals surface area contributed by atoms with Crippen LogP contribution in [-0.2, 0) is 17.6 Å². The third-order valence-corrected chi connectivity index (χ3v) is 3.88. The average molecular weight is 349 g/mol. The lowest BCUT2D eigenvalue weighted by Crippen LogP contribution is -2.19. The normalized spacial score (nSPS) is 11.9. The molecule has 0 bridgehead atoms. The summed E-state index contributed by atoms with van der Waals surface area (Å²) in [5.41, 5.74) is 1.93. The van der Waals surface area contributed by atoms with Crippen LogP contribution >= 0.6 is 15.9 Å². The first kappa shape index (κ1) is 15.6. The van der Waals surface area contributed by atoms with Crippen molar-refractivity contribution >= 4 is 21.9 Å². The summed E-state index contributed by atoms with van der Waals surface area (Å²) in [5, 5.41) is 9.48. The number of rotatable bonds is 6. The number of ether oxygens (including phenoxy) is 1. The van der Waals surface area contributed by atoms with Crippen molar-refractivity contribution in [3.05, 3.63) is 64.1 Å². The Balaban J connectivity index is 2.20. The molecule has 110 valence electrons. The van der Waals surface area contributed by atoms with E-state index < -0.39 is 11.9 Å². The number of hydrogen-bond acceptors (Lipinski definition) is 2. The van der Waals surface area contributed by atoms with Crippen molar-refractivity contribution in [1.82, 2.24) is 0 Å². The van der Waals surface area contributed by atoms with Gasteiger partial charge in [-0.3, -0.25) is 4.79 Å². The number of carboxylic acid groups (broad SMARTS) is 1. The smallest absolute Gasteiger partial charge is 0.307 e. The summed E-state index contributed by atoms with van der Waals surface area (Å²) in [4.78, 5) is 11.5. The molecule has 4 heteroatoms. The second kappa shape index (κ2) is 7.27. The van der Waals surface area contributed by atoms with Gasteiger partial charge in [-0.2, -0.15) is 0 Å². The van der Waals surface area contributed by atoms with E-state index in [4.69, 9.17) is 4.74 Å². The van der Waals surface area contributed by atoms with Gasteiger partial charge in [0, 0.05) is 4.47 Å². The van der Waals surface area contributed by atoms with Crippen molar-refractivity contribution in [2.75, 3.05) is 7.11 Å². The van der Waals surface area contributed by atoms with E-state index in [0.29, 0.717) is 12.8 Å². The van der Waals surface area contributed by atoms with Gasteiger partial charge >= 0.3 is 5.97 Å². The molecule has 0 saturated heterocycles. The highest BCUT2D eigenvalue weighted by Crippen LogP contribution is 2.26. The van der Waals surface area contributed by atoms with Crippen LogP contribution in [0.4, 0.5) is 0 Å². The number of benzene rings is 2. The maximum Gasteiger partial charge on any atom is 0.307 e. The van der Waals surface area contributed by atoms with E-state index in [1.54, 1.807) is 7.11 Å². The predicted molar refractivity (Wildman–Crippen MR) is 85.7 cm³/mol. The van der Waals surface area contributed by atoms with Crippen LogP contribution < -0.4 is 4.74 Å². The number of hydrogen-bond donors (Lipinski definition) is 1. The second-order valence-electron chi connectivity index (χ2n) is 4.89. The van der Waals surface area contributed by atoms with Gasteiger partial charge in [0.25, 0.3) is 0 Å². The van der Waals surface area contributed by atoms with Crippen LogP contribution in [0, 0.1) is 5.92 Å². The van der Waals surface area contributed by atoms with E-state index in [-0.39, 0.29) is 0 Å². The van der Waals surface area contributed by atoms with Crippen LogP contribution in [0.2, 0.25) is 0 Å². The molecule has 1 atom stereocenters. The molecule has 1 unspecified atom stereocenters. The van der Waals surface area contributed by atoms with E-state index in [2.05, 4.69) is 15.9 Å². The van der Waals surface area contributed by atoms with Crippen LogP contribution in [0.1, 0.15) is 11.1 Å². The molecule has 2 aromatic rings. The first-order valence-corrected chi connectivity index (χ1v) is 7.48. The molecule has 0 amide bonds. The Bertz CT molecular complexity index is 611. The van der Waals surface area contributed by atoms with Crippen molar-refractivity contribution in [2.45, 2.75) is 12.8 Å². The summed E-state index contributed by atoms with van der Waals surface area (Å²) in [5.74, 6) is -0.547. The lowest BCUT2D eigenvalue weighted by atomic mass is 9.92. The van der Waals surface area contributed by atoms with Gasteiger partial charge in [0.1, 0.15) is 5.75 Å². The molecule has 0 fully saturated rings. The highest BCUT2D eigenvalue weighted by atomic mass is 79.9. The van der Waals surface area contributed by atoms with E-state index >= 15 is 0 Å². The van der Waals surface area contributed by atoms with Crippen LogP contribution in [0.5, 0.6) is 5.75 Å². The fourth-order valence-electron chi connectivity index (χ4n) is 2.32. The molecule has 0 aliphatic rings. The molecule has 0 aliphatic carbocycles. The number of carboxylic acids is 1. The first-order valence-electron chi connectivity index (χ1n) is 6.69. The van der Waals surface area contributed by atoms with E-state index in [9.17, 15) is 9.90 Å². The van der Waals surface area contributed by atoms with Gasteiger partial charge in [0.2, 0.25) is 0 Å². The Morgan fingerprint density at radius 3 is 2.52 bits per heavy atom. The summed E-state index contributed by atoms with van der Waals surface area (Å²) in [7, 11) is 1.60. The zero-order valence-corrected chi connectivity index (χ0v) is 13.3. The number of carbonyl (C=O) groups is 1. The Labute approximate surface area is 132 Å². The molecule has 2 rings (SSSR count). The van der Waals surface area contributed by atoms with Crippen molar-refractivity contribution in [2.24, 2.45) is 5.92 Å². The molecule has 3 nitrogen and oxygen atoms in total. The van der Waals surface area contributed by atoms with Crippen molar-refractivity contribution < 1.29 is 14.6 Å². The Morgan fingerprint density at radius 2 is 1.90 bits per heavy atom. The van der Waals surface area contributed by atoms with Gasteiger partial charge in [-0.05, 0) is 42.2 Å². The molecule has 21 heavy (non-hydrogen) atoms. The molecule has 0 aromatic heterocycles. The van der Waals surface area contributed by atoms with E-state index in [0.717, 1.165) is 21.3 Å². The third-order valence-electron chi connectivity index (χ3n) is 3.38. The largest absolute Gasteiger partial charge is 0.496 e. The fraction of sp³-hybridized carbons (Fsp3) is 0.235. The van der Waals surface area contributed by atoms with Gasteiger partial charge in [0.05, 0.1) is 13.0 Å². The highest BCUT2D eigenvalue weighted by molar-refractivity contribution is 9.10. The van der Waals surface area contributed by atoms with Gasteiger partial charge in [0.15, 0.2) is 0 Å². The predicted octanol–water partition coefficient (Wildman–Crippen LogP) is 3.94. The summed E-state index contributed by atoms with van der Waals surface area (Å²) < 4.78 is 6.24. The van der Waals surface area contributed by atoms with Crippen LogP contribution in [0.15, 0.2) is 53.0 Å². The van der Waals surface area contributed by atoms with Gasteiger partial charge in [-0.15, -0.1) is 0 Å². The van der Waals surface area contributed by atoms with Crippen molar-refractivity contribution in [1.29, 1.82) is 0 Å². The summed E-state index contributed by atoms with van der Waals surface area (Å²) >= 11 is 3.42. The lowest BCUT2D eigenvalue weighted by Gasteiger charge is -2.15. The van der Waals surface area contributed by atoms with Crippen LogP contribution in [0.25, 0.3) is 0 Å². The topological polar surface area (TPSA) is 46.5 Å². The van der Waals surface area contributed by atoms with Crippen LogP contribution in [0.3, 0.4) is 0 Å². The summed E-state index contributed by atoms with van der Waals surface area (Å²) in [6, 6.07) is 15.3. The monoisotopic (exact) mass is 348 g/mol. The zero-order chi connectivity index (χ0) is 15.2. The van der Waals surface area contributed by atoms with Crippen molar-refractivity contribution in [3.8, 4) is 5.75 Å². The summed E-state index contributed by atoms with van der Waals surface area (Å²) in [6.45, 7) is 0. The third kappa shape index (κ3) is 4.33. The van der Waals surface area contributed by atoms with Gasteiger partial charge in [-0.1, -0.05) is 46.3 Å². The molecule has 0 aliphatic heterocycles. The minimum absolute atomic E-state index is 0.437. The fourth-order valence-corrected chi connectivity index (χ4v) is 2.73. The molecule has 0 saturated carbocycles. The maximum absolute atomic E-state index is 11.5. The minimum Gasteiger partial charge on any atom is -0.496 e. The standard InChI is InChI=1S/C17H17BrO3/c1-21-16-8-7-15(18)11-13(16)10-14(17(19)20)9-12-5-3-2-4-6-12/h2-8,11,14H,9-10H2,1H3,(H,19,20). The lowest BCUT2D eigenvalue weighted by molar-refractivity contribution is -0.141.